The van der Waals surface area contributed by atoms with E-state index in [-0.39, 0.29) is 28.6 Å². The van der Waals surface area contributed by atoms with Gasteiger partial charge in [-0.3, -0.25) is 9.59 Å². The Hall–Kier alpha value is -1.80. The molecule has 0 bridgehead atoms. The zero-order valence-electron chi connectivity index (χ0n) is 14.8. The fourth-order valence-electron chi connectivity index (χ4n) is 2.25. The number of likely N-dealkylation sites (N-methyl/N-ethyl adjacent to an activating group) is 1. The standard InChI is InChI=1S/C18H17Cl3N2O4S/c1-23(11-17(24)22-13-4-7-15(20)16(21)10-13)18(25)8-9-28(26,27)14-5-2-12(19)3-6-14/h2-7,10H,8-9,11H2,1H3,(H,22,24). The normalized spacial score (nSPS) is 11.1. The van der Waals surface area contributed by atoms with Gasteiger partial charge in [-0.1, -0.05) is 34.8 Å². The lowest BCUT2D eigenvalue weighted by molar-refractivity contribution is -0.132. The second-order valence-corrected chi connectivity index (χ2v) is 9.31. The number of hydrogen-bond donors (Lipinski definition) is 1. The average Bonchev–Trinajstić information content (AvgIpc) is 2.63. The van der Waals surface area contributed by atoms with E-state index in [4.69, 9.17) is 34.8 Å². The molecule has 2 aromatic rings. The van der Waals surface area contributed by atoms with Crippen molar-refractivity contribution in [3.63, 3.8) is 0 Å². The third-order valence-electron chi connectivity index (χ3n) is 3.77. The van der Waals surface area contributed by atoms with Crippen LogP contribution in [0.1, 0.15) is 6.42 Å². The highest BCUT2D eigenvalue weighted by Gasteiger charge is 2.19. The molecule has 0 saturated heterocycles. The smallest absolute Gasteiger partial charge is 0.243 e. The van der Waals surface area contributed by atoms with Crippen molar-refractivity contribution < 1.29 is 18.0 Å². The van der Waals surface area contributed by atoms with Crippen LogP contribution in [0.3, 0.4) is 0 Å². The molecular weight excluding hydrogens is 447 g/mol. The predicted octanol–water partition coefficient (Wildman–Crippen LogP) is 3.91. The largest absolute Gasteiger partial charge is 0.336 e. The highest BCUT2D eigenvalue weighted by atomic mass is 35.5. The van der Waals surface area contributed by atoms with E-state index >= 15 is 0 Å². The minimum atomic E-state index is -3.63. The van der Waals surface area contributed by atoms with Gasteiger partial charge in [-0.2, -0.15) is 0 Å². The fraction of sp³-hybridized carbons (Fsp3) is 0.222. The van der Waals surface area contributed by atoms with Gasteiger partial charge in [0.05, 0.1) is 27.2 Å². The molecule has 0 aliphatic heterocycles. The van der Waals surface area contributed by atoms with Crippen LogP contribution in [0.25, 0.3) is 0 Å². The first-order chi connectivity index (χ1) is 13.1. The van der Waals surface area contributed by atoms with Crippen LogP contribution in [0.2, 0.25) is 15.1 Å². The molecule has 0 radical (unpaired) electrons. The summed E-state index contributed by atoms with van der Waals surface area (Å²) in [6, 6.07) is 10.3. The molecule has 0 aromatic heterocycles. The molecule has 0 aliphatic rings. The molecule has 28 heavy (non-hydrogen) atoms. The van der Waals surface area contributed by atoms with Gasteiger partial charge in [-0.15, -0.1) is 0 Å². The summed E-state index contributed by atoms with van der Waals surface area (Å²) in [6.45, 7) is -0.236. The van der Waals surface area contributed by atoms with Crippen LogP contribution < -0.4 is 5.32 Å². The number of hydrogen-bond acceptors (Lipinski definition) is 4. The highest BCUT2D eigenvalue weighted by Crippen LogP contribution is 2.25. The molecule has 2 amide bonds. The summed E-state index contributed by atoms with van der Waals surface area (Å²) in [5, 5.41) is 3.66. The van der Waals surface area contributed by atoms with Gasteiger partial charge in [0.1, 0.15) is 0 Å². The molecular formula is C18H17Cl3N2O4S. The average molecular weight is 464 g/mol. The summed E-state index contributed by atoms with van der Waals surface area (Å²) >= 11 is 17.4. The first-order valence-electron chi connectivity index (χ1n) is 8.05. The molecule has 0 spiro atoms. The van der Waals surface area contributed by atoms with Crippen molar-refractivity contribution in [1.82, 2.24) is 4.90 Å². The Kier molecular flexibility index (Phi) is 7.71. The minimum Gasteiger partial charge on any atom is -0.336 e. The second-order valence-electron chi connectivity index (χ2n) is 5.95. The molecule has 1 N–H and O–H groups in total. The minimum absolute atomic E-state index is 0.0877. The zero-order valence-corrected chi connectivity index (χ0v) is 17.9. The fourth-order valence-corrected chi connectivity index (χ4v) is 3.90. The number of anilines is 1. The number of nitrogens with one attached hydrogen (secondary N) is 1. The van der Waals surface area contributed by atoms with E-state index in [1.54, 1.807) is 6.07 Å². The lowest BCUT2D eigenvalue weighted by Gasteiger charge is -2.17. The third kappa shape index (κ3) is 6.38. The first-order valence-corrected chi connectivity index (χ1v) is 10.8. The van der Waals surface area contributed by atoms with Gasteiger partial charge in [0.2, 0.25) is 11.8 Å². The Labute approximate surface area is 178 Å². The van der Waals surface area contributed by atoms with E-state index < -0.39 is 21.7 Å². The Morgan fingerprint density at radius 2 is 1.64 bits per heavy atom. The van der Waals surface area contributed by atoms with Gasteiger partial charge >= 0.3 is 0 Å². The Morgan fingerprint density at radius 1 is 1.00 bits per heavy atom. The molecule has 150 valence electrons. The summed E-state index contributed by atoms with van der Waals surface area (Å²) < 4.78 is 24.6. The van der Waals surface area contributed by atoms with E-state index in [1.807, 2.05) is 0 Å². The van der Waals surface area contributed by atoms with E-state index in [9.17, 15) is 18.0 Å². The van der Waals surface area contributed by atoms with Crippen molar-refractivity contribution in [2.75, 3.05) is 24.7 Å². The molecule has 0 heterocycles. The summed E-state index contributed by atoms with van der Waals surface area (Å²) in [5.74, 6) is -1.29. The maximum absolute atomic E-state index is 12.3. The summed E-state index contributed by atoms with van der Waals surface area (Å²) in [5.41, 5.74) is 0.436. The highest BCUT2D eigenvalue weighted by molar-refractivity contribution is 7.91. The molecule has 0 aliphatic carbocycles. The lowest BCUT2D eigenvalue weighted by atomic mass is 10.3. The summed E-state index contributed by atoms with van der Waals surface area (Å²) in [4.78, 5) is 25.5. The van der Waals surface area contributed by atoms with Gasteiger partial charge in [0, 0.05) is 24.2 Å². The Bertz CT molecular complexity index is 979. The van der Waals surface area contributed by atoms with Gasteiger partial charge < -0.3 is 10.2 Å². The van der Waals surface area contributed by atoms with Crippen LogP contribution in [0.5, 0.6) is 0 Å². The van der Waals surface area contributed by atoms with Crippen LogP contribution in [0.15, 0.2) is 47.4 Å². The van der Waals surface area contributed by atoms with Crippen LogP contribution >= 0.6 is 34.8 Å². The number of nitrogens with zero attached hydrogens (tertiary/aromatic N) is 1. The van der Waals surface area contributed by atoms with E-state index in [1.165, 1.54) is 43.4 Å². The summed E-state index contributed by atoms with van der Waals surface area (Å²) in [7, 11) is -2.20. The van der Waals surface area contributed by atoms with E-state index in [0.717, 1.165) is 4.90 Å². The van der Waals surface area contributed by atoms with Crippen molar-refractivity contribution in [3.8, 4) is 0 Å². The topological polar surface area (TPSA) is 83.6 Å². The van der Waals surface area contributed by atoms with E-state index in [0.29, 0.717) is 15.7 Å². The van der Waals surface area contributed by atoms with Gasteiger partial charge in [0.25, 0.3) is 0 Å². The molecule has 0 unspecified atom stereocenters. The van der Waals surface area contributed by atoms with Gasteiger partial charge in [0.15, 0.2) is 9.84 Å². The molecule has 6 nitrogen and oxygen atoms in total. The molecule has 2 rings (SSSR count). The van der Waals surface area contributed by atoms with Crippen molar-refractivity contribution in [3.05, 3.63) is 57.5 Å². The maximum atomic E-state index is 12.3. The third-order valence-corrected chi connectivity index (χ3v) is 6.49. The molecule has 0 fully saturated rings. The van der Waals surface area contributed by atoms with Crippen molar-refractivity contribution in [2.45, 2.75) is 11.3 Å². The maximum Gasteiger partial charge on any atom is 0.243 e. The number of carbonyl (C=O) groups excluding carboxylic acids is 2. The number of carbonyl (C=O) groups is 2. The number of amides is 2. The molecule has 2 aromatic carbocycles. The SMILES string of the molecule is CN(CC(=O)Nc1ccc(Cl)c(Cl)c1)C(=O)CCS(=O)(=O)c1ccc(Cl)cc1. The van der Waals surface area contributed by atoms with Crippen LogP contribution in [-0.4, -0.2) is 44.5 Å². The van der Waals surface area contributed by atoms with Crippen LogP contribution in [0.4, 0.5) is 5.69 Å². The van der Waals surface area contributed by atoms with Gasteiger partial charge in [-0.05, 0) is 42.5 Å². The number of rotatable bonds is 7. The van der Waals surface area contributed by atoms with Crippen molar-refractivity contribution >= 4 is 62.1 Å². The molecule has 0 atom stereocenters. The molecule has 10 heteroatoms. The van der Waals surface area contributed by atoms with Crippen molar-refractivity contribution in [2.24, 2.45) is 0 Å². The predicted molar refractivity (Wildman–Crippen MR) is 111 cm³/mol. The van der Waals surface area contributed by atoms with Gasteiger partial charge in [-0.25, -0.2) is 8.42 Å². The van der Waals surface area contributed by atoms with E-state index in [2.05, 4.69) is 5.32 Å². The van der Waals surface area contributed by atoms with Crippen LogP contribution in [-0.2, 0) is 19.4 Å². The Balaban J connectivity index is 1.88. The Morgan fingerprint density at radius 3 is 2.25 bits per heavy atom. The van der Waals surface area contributed by atoms with Crippen molar-refractivity contribution in [1.29, 1.82) is 0 Å². The first kappa shape index (κ1) is 22.5. The monoisotopic (exact) mass is 462 g/mol. The number of benzene rings is 2. The lowest BCUT2D eigenvalue weighted by Crippen LogP contribution is -2.35. The molecule has 0 saturated carbocycles. The zero-order chi connectivity index (χ0) is 20.9. The summed E-state index contributed by atoms with van der Waals surface area (Å²) in [6.07, 6.45) is -0.248. The number of sulfone groups is 1. The quantitative estimate of drug-likeness (QED) is 0.675. The van der Waals surface area contributed by atoms with Crippen LogP contribution in [0, 0.1) is 0 Å². The second kappa shape index (κ2) is 9.60. The number of halogens is 3.